The lowest BCUT2D eigenvalue weighted by atomic mass is 9.77. The van der Waals surface area contributed by atoms with Crippen LogP contribution in [0.1, 0.15) is 71.1 Å². The molecule has 3 atom stereocenters. The van der Waals surface area contributed by atoms with E-state index < -0.39 is 47.1 Å². The van der Waals surface area contributed by atoms with E-state index in [0.29, 0.717) is 13.1 Å². The molecule has 0 N–H and O–H groups in total. The zero-order chi connectivity index (χ0) is 28.4. The molecule has 3 rings (SSSR count). The molecule has 1 saturated heterocycles. The molecule has 0 bridgehead atoms. The fourth-order valence-electron chi connectivity index (χ4n) is 4.99. The van der Waals surface area contributed by atoms with Gasteiger partial charge >= 0.3 is 18.0 Å². The average molecular weight is 529 g/mol. The minimum Gasteiger partial charge on any atom is -0.467 e. The van der Waals surface area contributed by atoms with Crippen molar-refractivity contribution in [3.63, 3.8) is 0 Å². The summed E-state index contributed by atoms with van der Waals surface area (Å²) in [5.74, 6) is -2.20. The molecule has 1 aromatic rings. The van der Waals surface area contributed by atoms with Crippen LogP contribution in [-0.4, -0.2) is 65.1 Å². The van der Waals surface area contributed by atoms with Gasteiger partial charge < -0.3 is 19.1 Å². The summed E-state index contributed by atoms with van der Waals surface area (Å²) in [6, 6.07) is 4.92. The van der Waals surface area contributed by atoms with Crippen molar-refractivity contribution in [1.82, 2.24) is 9.80 Å². The number of rotatable bonds is 6. The second-order valence-corrected chi connectivity index (χ2v) is 12.0. The van der Waals surface area contributed by atoms with Crippen LogP contribution in [0.15, 0.2) is 24.8 Å². The van der Waals surface area contributed by atoms with Gasteiger partial charge in [-0.15, -0.1) is 0 Å². The second-order valence-electron chi connectivity index (χ2n) is 12.0. The number of ether oxygens (including phenoxy) is 3. The highest BCUT2D eigenvalue weighted by molar-refractivity contribution is 5.89. The van der Waals surface area contributed by atoms with Crippen LogP contribution in [0.2, 0.25) is 0 Å². The lowest BCUT2D eigenvalue weighted by molar-refractivity contribution is -0.162. The Bertz CT molecular complexity index is 1100. The molecule has 9 heteroatoms. The van der Waals surface area contributed by atoms with E-state index in [1.807, 2.05) is 39.0 Å². The molecule has 2 amide bonds. The van der Waals surface area contributed by atoms with Gasteiger partial charge in [0.25, 0.3) is 0 Å². The molecule has 2 aliphatic rings. The zero-order valence-electron chi connectivity index (χ0n) is 23.5. The van der Waals surface area contributed by atoms with E-state index in [1.165, 1.54) is 12.0 Å². The normalized spacial score (nSPS) is 20.0. The smallest absolute Gasteiger partial charge is 0.410 e. The first-order chi connectivity index (χ1) is 17.6. The summed E-state index contributed by atoms with van der Waals surface area (Å²) < 4.78 is 16.2. The maximum atomic E-state index is 13.8. The number of likely N-dealkylation sites (tertiary alicyclic amines) is 1. The molecular weight excluding hydrogens is 488 g/mol. The van der Waals surface area contributed by atoms with Gasteiger partial charge in [-0.25, -0.2) is 9.59 Å². The van der Waals surface area contributed by atoms with E-state index in [-0.39, 0.29) is 25.3 Å². The van der Waals surface area contributed by atoms with Gasteiger partial charge in [0, 0.05) is 13.0 Å². The first-order valence-corrected chi connectivity index (χ1v) is 12.9. The number of esters is 2. The Morgan fingerprint density at radius 1 is 1.11 bits per heavy atom. The number of carbonyl (C=O) groups excluding carboxylic acids is 4. The van der Waals surface area contributed by atoms with Crippen LogP contribution in [0.3, 0.4) is 0 Å². The van der Waals surface area contributed by atoms with Crippen molar-refractivity contribution >= 4 is 30.0 Å². The number of amides is 2. The zero-order valence-corrected chi connectivity index (χ0v) is 23.5. The highest BCUT2D eigenvalue weighted by atomic mass is 16.6. The summed E-state index contributed by atoms with van der Waals surface area (Å²) in [6.45, 7) is 15.6. The third-order valence-corrected chi connectivity index (χ3v) is 6.92. The predicted octanol–water partition coefficient (Wildman–Crippen LogP) is 4.32. The number of hydrogen-bond acceptors (Lipinski definition) is 7. The van der Waals surface area contributed by atoms with Crippen LogP contribution in [0.25, 0.3) is 6.08 Å². The molecule has 2 heterocycles. The first kappa shape index (κ1) is 29.2. The highest BCUT2D eigenvalue weighted by Crippen LogP contribution is 2.35. The predicted molar refractivity (Wildman–Crippen MR) is 142 cm³/mol. The van der Waals surface area contributed by atoms with Gasteiger partial charge in [-0.3, -0.25) is 14.5 Å². The molecular formula is C29H40N2O7. The van der Waals surface area contributed by atoms with E-state index in [4.69, 9.17) is 14.2 Å². The summed E-state index contributed by atoms with van der Waals surface area (Å²) in [5, 5.41) is 0. The summed E-state index contributed by atoms with van der Waals surface area (Å²) in [6.07, 6.45) is 0.538. The van der Waals surface area contributed by atoms with Gasteiger partial charge in [0.2, 0.25) is 5.91 Å². The summed E-state index contributed by atoms with van der Waals surface area (Å²) in [4.78, 5) is 55.1. The summed E-state index contributed by atoms with van der Waals surface area (Å²) in [5.41, 5.74) is 1.76. The minimum atomic E-state index is -0.920. The Balaban J connectivity index is 1.74. The Kier molecular flexibility index (Phi) is 8.58. The Hall–Kier alpha value is -3.36. The Morgan fingerprint density at radius 3 is 2.37 bits per heavy atom. The number of fused-ring (bicyclic) bond motifs is 1. The van der Waals surface area contributed by atoms with Crippen LogP contribution in [0.4, 0.5) is 4.79 Å². The summed E-state index contributed by atoms with van der Waals surface area (Å²) >= 11 is 0. The van der Waals surface area contributed by atoms with Crippen molar-refractivity contribution in [2.75, 3.05) is 13.7 Å². The molecule has 0 unspecified atom stereocenters. The average Bonchev–Trinajstić information content (AvgIpc) is 3.44. The third-order valence-electron chi connectivity index (χ3n) is 6.92. The van der Waals surface area contributed by atoms with Crippen molar-refractivity contribution in [1.29, 1.82) is 0 Å². The van der Waals surface area contributed by atoms with Crippen molar-refractivity contribution in [3.05, 3.63) is 41.5 Å². The van der Waals surface area contributed by atoms with Crippen LogP contribution in [0, 0.1) is 11.3 Å². The standard InChI is InChI=1S/C29H40N2O7/c1-9-18-11-10-12-19-15-30(17-21(18)19)27(35)37-20-13-23(26(34)36-8)31(16-20)25(33)22(28(2,3)4)14-24(32)38-29(5,6)7/h9-12,20,22-23H,1,13-17H2,2-8H3/t20-,22-,23+/m1/s1. The van der Waals surface area contributed by atoms with Crippen LogP contribution in [0.5, 0.6) is 0 Å². The van der Waals surface area contributed by atoms with Crippen molar-refractivity contribution in [2.45, 2.75) is 85.2 Å². The van der Waals surface area contributed by atoms with E-state index in [0.717, 1.165) is 16.7 Å². The van der Waals surface area contributed by atoms with E-state index in [9.17, 15) is 19.2 Å². The molecule has 1 fully saturated rings. The fraction of sp³-hybridized carbons (Fsp3) is 0.586. The second kappa shape index (κ2) is 11.2. The van der Waals surface area contributed by atoms with Crippen molar-refractivity contribution in [3.8, 4) is 0 Å². The molecule has 0 aliphatic carbocycles. The lowest BCUT2D eigenvalue weighted by Gasteiger charge is -2.34. The maximum Gasteiger partial charge on any atom is 0.410 e. The minimum absolute atomic E-state index is 0.0317. The molecule has 0 saturated carbocycles. The van der Waals surface area contributed by atoms with Gasteiger partial charge in [-0.1, -0.05) is 51.6 Å². The van der Waals surface area contributed by atoms with Crippen LogP contribution < -0.4 is 0 Å². The monoisotopic (exact) mass is 528 g/mol. The number of hydrogen-bond donors (Lipinski definition) is 0. The van der Waals surface area contributed by atoms with Crippen LogP contribution >= 0.6 is 0 Å². The van der Waals surface area contributed by atoms with Gasteiger partial charge in [0.15, 0.2) is 0 Å². The van der Waals surface area contributed by atoms with Gasteiger partial charge in [0.1, 0.15) is 17.7 Å². The molecule has 0 spiro atoms. The number of carbonyl (C=O) groups is 4. The number of benzene rings is 1. The largest absolute Gasteiger partial charge is 0.467 e. The van der Waals surface area contributed by atoms with Gasteiger partial charge in [-0.2, -0.15) is 0 Å². The van der Waals surface area contributed by atoms with Crippen LogP contribution in [-0.2, 0) is 41.7 Å². The first-order valence-electron chi connectivity index (χ1n) is 12.9. The molecule has 0 radical (unpaired) electrons. The van der Waals surface area contributed by atoms with E-state index >= 15 is 0 Å². The Labute approximate surface area is 225 Å². The fourth-order valence-corrected chi connectivity index (χ4v) is 4.99. The van der Waals surface area contributed by atoms with E-state index in [1.54, 1.807) is 31.7 Å². The number of nitrogens with zero attached hydrogens (tertiary/aromatic N) is 2. The molecule has 38 heavy (non-hydrogen) atoms. The lowest BCUT2D eigenvalue weighted by Crippen LogP contribution is -2.48. The molecule has 1 aromatic carbocycles. The molecule has 9 nitrogen and oxygen atoms in total. The SMILES string of the molecule is C=Cc1cccc2c1CN(C(=O)O[C@@H]1C[C@@H](C(=O)OC)N(C(=O)[C@@H](CC(=O)OC(C)(C)C)C(C)(C)C)C1)C2. The van der Waals surface area contributed by atoms with Gasteiger partial charge in [0.05, 0.1) is 32.5 Å². The topological polar surface area (TPSA) is 102 Å². The molecule has 2 aliphatic heterocycles. The molecule has 208 valence electrons. The van der Waals surface area contributed by atoms with Crippen molar-refractivity contribution < 1.29 is 33.4 Å². The maximum absolute atomic E-state index is 13.8. The third kappa shape index (κ3) is 6.74. The highest BCUT2D eigenvalue weighted by Gasteiger charge is 2.47. The van der Waals surface area contributed by atoms with E-state index in [2.05, 4.69) is 6.58 Å². The van der Waals surface area contributed by atoms with Gasteiger partial charge in [-0.05, 0) is 42.9 Å². The molecule has 0 aromatic heterocycles. The quantitative estimate of drug-likeness (QED) is 0.400. The summed E-state index contributed by atoms with van der Waals surface area (Å²) in [7, 11) is 1.25. The van der Waals surface area contributed by atoms with Crippen molar-refractivity contribution in [2.24, 2.45) is 11.3 Å². The Morgan fingerprint density at radius 2 is 1.79 bits per heavy atom. The number of methoxy groups -OCH3 is 1.